The van der Waals surface area contributed by atoms with Gasteiger partial charge in [-0.25, -0.2) is 4.79 Å². The van der Waals surface area contributed by atoms with Crippen LogP contribution in [0.1, 0.15) is 15.9 Å². The van der Waals surface area contributed by atoms with Gasteiger partial charge in [-0.2, -0.15) is 0 Å². The third-order valence-electron chi connectivity index (χ3n) is 2.91. The molecule has 0 saturated heterocycles. The molecule has 2 aromatic rings. The molecule has 114 valence electrons. The van der Waals surface area contributed by atoms with E-state index in [2.05, 4.69) is 5.32 Å². The van der Waals surface area contributed by atoms with Gasteiger partial charge in [0.15, 0.2) is 6.61 Å². The fourth-order valence-corrected chi connectivity index (χ4v) is 1.90. The monoisotopic (exact) mass is 319 g/mol. The minimum Gasteiger partial charge on any atom is -0.508 e. The summed E-state index contributed by atoms with van der Waals surface area (Å²) in [6.07, 6.45) is 0. The zero-order valence-electron chi connectivity index (χ0n) is 11.8. The Labute approximate surface area is 132 Å². The van der Waals surface area contributed by atoms with Crippen molar-refractivity contribution in [1.29, 1.82) is 0 Å². The molecule has 0 aliphatic carbocycles. The number of esters is 1. The van der Waals surface area contributed by atoms with Crippen LogP contribution >= 0.6 is 11.6 Å². The Morgan fingerprint density at radius 1 is 1.18 bits per heavy atom. The van der Waals surface area contributed by atoms with Gasteiger partial charge in [0.1, 0.15) is 5.75 Å². The van der Waals surface area contributed by atoms with Crippen LogP contribution in [0, 0.1) is 6.92 Å². The summed E-state index contributed by atoms with van der Waals surface area (Å²) in [7, 11) is 0. The van der Waals surface area contributed by atoms with E-state index in [4.69, 9.17) is 21.4 Å². The predicted octanol–water partition coefficient (Wildman–Crippen LogP) is 3.15. The number of amides is 1. The van der Waals surface area contributed by atoms with Gasteiger partial charge in [-0.1, -0.05) is 17.7 Å². The molecule has 0 unspecified atom stereocenters. The van der Waals surface area contributed by atoms with Crippen molar-refractivity contribution in [3.05, 3.63) is 58.6 Å². The van der Waals surface area contributed by atoms with Gasteiger partial charge >= 0.3 is 5.97 Å². The molecule has 0 aromatic heterocycles. The maximum atomic E-state index is 11.8. The van der Waals surface area contributed by atoms with Crippen LogP contribution in [0.3, 0.4) is 0 Å². The maximum absolute atomic E-state index is 11.8. The minimum atomic E-state index is -0.641. The fourth-order valence-electron chi connectivity index (χ4n) is 1.73. The van der Waals surface area contributed by atoms with Crippen LogP contribution in [0.15, 0.2) is 42.5 Å². The topological polar surface area (TPSA) is 75.6 Å². The van der Waals surface area contributed by atoms with Gasteiger partial charge in [0.05, 0.1) is 5.56 Å². The van der Waals surface area contributed by atoms with Gasteiger partial charge in [-0.15, -0.1) is 0 Å². The minimum absolute atomic E-state index is 0.0470. The van der Waals surface area contributed by atoms with Gasteiger partial charge in [0.2, 0.25) is 0 Å². The van der Waals surface area contributed by atoms with Gasteiger partial charge in [0.25, 0.3) is 5.91 Å². The summed E-state index contributed by atoms with van der Waals surface area (Å²) in [5.74, 6) is -1.05. The second kappa shape index (κ2) is 6.95. The molecule has 0 radical (unpaired) electrons. The smallest absolute Gasteiger partial charge is 0.338 e. The van der Waals surface area contributed by atoms with E-state index in [9.17, 15) is 9.59 Å². The zero-order valence-corrected chi connectivity index (χ0v) is 12.6. The Morgan fingerprint density at radius 3 is 2.55 bits per heavy atom. The van der Waals surface area contributed by atoms with Gasteiger partial charge in [-0.3, -0.25) is 4.79 Å². The highest BCUT2D eigenvalue weighted by atomic mass is 35.5. The van der Waals surface area contributed by atoms with Crippen LogP contribution in [0.4, 0.5) is 5.69 Å². The first-order valence-corrected chi connectivity index (χ1v) is 6.85. The molecule has 1 amide bonds. The molecule has 2 aromatic carbocycles. The van der Waals surface area contributed by atoms with E-state index in [0.29, 0.717) is 10.7 Å². The molecule has 0 aliphatic rings. The Hall–Kier alpha value is -2.53. The number of hydrogen-bond donors (Lipinski definition) is 2. The summed E-state index contributed by atoms with van der Waals surface area (Å²) in [5, 5.41) is 12.3. The first kappa shape index (κ1) is 15.9. The average molecular weight is 320 g/mol. The number of phenolic OH excluding ortho intramolecular Hbond substituents is 1. The summed E-state index contributed by atoms with van der Waals surface area (Å²) < 4.78 is 4.91. The second-order valence-electron chi connectivity index (χ2n) is 4.63. The molecule has 0 heterocycles. The zero-order chi connectivity index (χ0) is 16.1. The average Bonchev–Trinajstić information content (AvgIpc) is 2.49. The Bertz CT molecular complexity index is 698. The number of benzene rings is 2. The molecule has 0 spiro atoms. The van der Waals surface area contributed by atoms with Gasteiger partial charge < -0.3 is 15.2 Å². The molecule has 0 atom stereocenters. The third-order valence-corrected chi connectivity index (χ3v) is 3.15. The van der Waals surface area contributed by atoms with Gasteiger partial charge in [-0.05, 0) is 48.9 Å². The third kappa shape index (κ3) is 4.23. The second-order valence-corrected chi connectivity index (χ2v) is 5.07. The van der Waals surface area contributed by atoms with E-state index in [1.165, 1.54) is 24.3 Å². The molecule has 0 saturated carbocycles. The van der Waals surface area contributed by atoms with E-state index in [1.54, 1.807) is 18.2 Å². The summed E-state index contributed by atoms with van der Waals surface area (Å²) in [5.41, 5.74) is 1.67. The highest BCUT2D eigenvalue weighted by Gasteiger charge is 2.11. The number of hydrogen-bond acceptors (Lipinski definition) is 4. The Morgan fingerprint density at radius 2 is 1.86 bits per heavy atom. The standard InChI is InChI=1S/C16H14ClNO4/c1-10-2-5-12(17)8-14(10)18-15(20)9-22-16(21)11-3-6-13(19)7-4-11/h2-8,19H,9H2,1H3,(H,18,20). The largest absolute Gasteiger partial charge is 0.508 e. The first-order chi connectivity index (χ1) is 10.5. The van der Waals surface area contributed by atoms with E-state index in [1.807, 2.05) is 6.92 Å². The molecule has 2 rings (SSSR count). The van der Waals surface area contributed by atoms with Crippen LogP contribution in [-0.4, -0.2) is 23.6 Å². The van der Waals surface area contributed by atoms with Crippen molar-refractivity contribution in [3.63, 3.8) is 0 Å². The van der Waals surface area contributed by atoms with E-state index in [0.717, 1.165) is 5.56 Å². The van der Waals surface area contributed by atoms with E-state index < -0.39 is 18.5 Å². The van der Waals surface area contributed by atoms with Crippen LogP contribution in [0.2, 0.25) is 5.02 Å². The van der Waals surface area contributed by atoms with Crippen molar-refractivity contribution in [3.8, 4) is 5.75 Å². The highest BCUT2D eigenvalue weighted by molar-refractivity contribution is 6.31. The van der Waals surface area contributed by atoms with Crippen molar-refractivity contribution in [1.82, 2.24) is 0 Å². The molecule has 6 heteroatoms. The molecule has 0 bridgehead atoms. The first-order valence-electron chi connectivity index (χ1n) is 6.48. The van der Waals surface area contributed by atoms with Crippen LogP contribution < -0.4 is 5.32 Å². The quantitative estimate of drug-likeness (QED) is 0.849. The summed E-state index contributed by atoms with van der Waals surface area (Å²) >= 11 is 5.86. The number of rotatable bonds is 4. The number of halogens is 1. The lowest BCUT2D eigenvalue weighted by molar-refractivity contribution is -0.119. The number of aromatic hydroxyl groups is 1. The van der Waals surface area contributed by atoms with Crippen molar-refractivity contribution in [2.45, 2.75) is 6.92 Å². The van der Waals surface area contributed by atoms with Crippen LogP contribution in [0.5, 0.6) is 5.75 Å². The molecule has 0 fully saturated rings. The summed E-state index contributed by atoms with van der Waals surface area (Å²) in [4.78, 5) is 23.5. The Balaban J connectivity index is 1.91. The van der Waals surface area contributed by atoms with Crippen LogP contribution in [-0.2, 0) is 9.53 Å². The SMILES string of the molecule is Cc1ccc(Cl)cc1NC(=O)COC(=O)c1ccc(O)cc1. The number of ether oxygens (including phenoxy) is 1. The van der Waals surface area contributed by atoms with Crippen LogP contribution in [0.25, 0.3) is 0 Å². The van der Waals surface area contributed by atoms with E-state index in [-0.39, 0.29) is 11.3 Å². The fraction of sp³-hybridized carbons (Fsp3) is 0.125. The predicted molar refractivity (Wildman–Crippen MR) is 83.2 cm³/mol. The van der Waals surface area contributed by atoms with E-state index >= 15 is 0 Å². The van der Waals surface area contributed by atoms with Crippen molar-refractivity contribution in [2.24, 2.45) is 0 Å². The molecule has 5 nitrogen and oxygen atoms in total. The van der Waals surface area contributed by atoms with Gasteiger partial charge in [0, 0.05) is 10.7 Å². The molecular weight excluding hydrogens is 306 g/mol. The maximum Gasteiger partial charge on any atom is 0.338 e. The lowest BCUT2D eigenvalue weighted by Gasteiger charge is -2.09. The van der Waals surface area contributed by atoms with Crippen molar-refractivity contribution in [2.75, 3.05) is 11.9 Å². The number of carbonyl (C=O) groups excluding carboxylic acids is 2. The summed E-state index contributed by atoms with van der Waals surface area (Å²) in [6.45, 7) is 1.42. The number of aryl methyl sites for hydroxylation is 1. The molecule has 0 aliphatic heterocycles. The van der Waals surface area contributed by atoms with Crippen molar-refractivity contribution >= 4 is 29.2 Å². The number of phenols is 1. The molecular formula is C16H14ClNO4. The van der Waals surface area contributed by atoms with Crippen molar-refractivity contribution < 1.29 is 19.4 Å². The normalized spacial score (nSPS) is 10.1. The molecule has 2 N–H and O–H groups in total. The molecule has 22 heavy (non-hydrogen) atoms. The highest BCUT2D eigenvalue weighted by Crippen LogP contribution is 2.20. The number of nitrogens with one attached hydrogen (secondary N) is 1. The number of anilines is 1. The lowest BCUT2D eigenvalue weighted by Crippen LogP contribution is -2.21. The Kier molecular flexibility index (Phi) is 5.01. The number of carbonyl (C=O) groups is 2. The summed E-state index contributed by atoms with van der Waals surface area (Å²) in [6, 6.07) is 10.7. The lowest BCUT2D eigenvalue weighted by atomic mass is 10.2.